The standard InChI is InChI=1S/C14H18N4O2/c1-4-9(2)16-14(19)12-6-5-11(8-15-12)17-13-7-10(3)20-18-13/h5-9H,4H2,1-3H3,(H,16,19)(H,17,18). The van der Waals surface area contributed by atoms with Gasteiger partial charge in [0.15, 0.2) is 5.82 Å². The van der Waals surface area contributed by atoms with E-state index in [1.807, 2.05) is 20.8 Å². The van der Waals surface area contributed by atoms with Crippen molar-refractivity contribution in [2.45, 2.75) is 33.2 Å². The molecule has 2 N–H and O–H groups in total. The zero-order chi connectivity index (χ0) is 14.5. The van der Waals surface area contributed by atoms with E-state index in [1.165, 1.54) is 0 Å². The number of hydrogen-bond donors (Lipinski definition) is 2. The summed E-state index contributed by atoms with van der Waals surface area (Å²) in [5.74, 6) is 1.18. The van der Waals surface area contributed by atoms with Crippen LogP contribution in [0.3, 0.4) is 0 Å². The number of anilines is 2. The van der Waals surface area contributed by atoms with Gasteiger partial charge in [0, 0.05) is 12.1 Å². The predicted octanol–water partition coefficient (Wildman–Crippen LogP) is 2.65. The highest BCUT2D eigenvalue weighted by molar-refractivity contribution is 5.92. The summed E-state index contributed by atoms with van der Waals surface area (Å²) in [5.41, 5.74) is 1.14. The van der Waals surface area contributed by atoms with Crippen molar-refractivity contribution < 1.29 is 9.32 Å². The molecule has 0 fully saturated rings. The average molecular weight is 274 g/mol. The fourth-order valence-electron chi connectivity index (χ4n) is 1.58. The van der Waals surface area contributed by atoms with Crippen LogP contribution in [0.5, 0.6) is 0 Å². The van der Waals surface area contributed by atoms with Gasteiger partial charge in [-0.05, 0) is 32.4 Å². The van der Waals surface area contributed by atoms with E-state index in [0.717, 1.165) is 17.9 Å². The van der Waals surface area contributed by atoms with Gasteiger partial charge in [-0.3, -0.25) is 4.79 Å². The maximum absolute atomic E-state index is 11.9. The molecule has 0 saturated carbocycles. The maximum Gasteiger partial charge on any atom is 0.270 e. The molecule has 2 rings (SSSR count). The average Bonchev–Trinajstić information content (AvgIpc) is 2.84. The number of carbonyl (C=O) groups excluding carboxylic acids is 1. The summed E-state index contributed by atoms with van der Waals surface area (Å²) in [6.45, 7) is 5.80. The molecule has 2 aromatic heterocycles. The minimum absolute atomic E-state index is 0.139. The Kier molecular flexibility index (Phi) is 4.34. The lowest BCUT2D eigenvalue weighted by atomic mass is 10.2. The summed E-state index contributed by atoms with van der Waals surface area (Å²) >= 11 is 0. The number of nitrogens with one attached hydrogen (secondary N) is 2. The third kappa shape index (κ3) is 3.57. The quantitative estimate of drug-likeness (QED) is 0.876. The van der Waals surface area contributed by atoms with E-state index in [4.69, 9.17) is 4.52 Å². The molecule has 0 aliphatic heterocycles. The molecule has 2 heterocycles. The van der Waals surface area contributed by atoms with Gasteiger partial charge < -0.3 is 15.2 Å². The van der Waals surface area contributed by atoms with E-state index in [9.17, 15) is 4.79 Å². The van der Waals surface area contributed by atoms with Crippen LogP contribution in [0.2, 0.25) is 0 Å². The van der Waals surface area contributed by atoms with Crippen molar-refractivity contribution >= 4 is 17.4 Å². The normalized spacial score (nSPS) is 11.9. The molecule has 2 aromatic rings. The van der Waals surface area contributed by atoms with Crippen molar-refractivity contribution in [3.8, 4) is 0 Å². The van der Waals surface area contributed by atoms with Gasteiger partial charge in [0.25, 0.3) is 5.91 Å². The lowest BCUT2D eigenvalue weighted by molar-refractivity contribution is 0.0934. The van der Waals surface area contributed by atoms with E-state index < -0.39 is 0 Å². The second-order valence-electron chi connectivity index (χ2n) is 4.66. The van der Waals surface area contributed by atoms with Gasteiger partial charge in [0.2, 0.25) is 0 Å². The van der Waals surface area contributed by atoms with Gasteiger partial charge in [0.05, 0.1) is 11.9 Å². The Labute approximate surface area is 117 Å². The largest absolute Gasteiger partial charge is 0.360 e. The second-order valence-corrected chi connectivity index (χ2v) is 4.66. The van der Waals surface area contributed by atoms with Gasteiger partial charge >= 0.3 is 0 Å². The highest BCUT2D eigenvalue weighted by Crippen LogP contribution is 2.15. The Morgan fingerprint density at radius 1 is 1.45 bits per heavy atom. The molecule has 0 bridgehead atoms. The lowest BCUT2D eigenvalue weighted by Crippen LogP contribution is -2.32. The fraction of sp³-hybridized carbons (Fsp3) is 0.357. The summed E-state index contributed by atoms with van der Waals surface area (Å²) in [4.78, 5) is 16.0. The smallest absolute Gasteiger partial charge is 0.270 e. The first kappa shape index (κ1) is 14.0. The van der Waals surface area contributed by atoms with Crippen molar-refractivity contribution in [3.63, 3.8) is 0 Å². The van der Waals surface area contributed by atoms with E-state index in [0.29, 0.717) is 11.5 Å². The van der Waals surface area contributed by atoms with E-state index in [2.05, 4.69) is 20.8 Å². The Hall–Kier alpha value is -2.37. The van der Waals surface area contributed by atoms with Gasteiger partial charge in [0.1, 0.15) is 11.5 Å². The van der Waals surface area contributed by atoms with Gasteiger partial charge in [-0.15, -0.1) is 0 Å². The summed E-state index contributed by atoms with van der Waals surface area (Å²) in [5, 5.41) is 9.74. The number of carbonyl (C=O) groups is 1. The Morgan fingerprint density at radius 3 is 2.80 bits per heavy atom. The first-order chi connectivity index (χ1) is 9.58. The van der Waals surface area contributed by atoms with Crippen molar-refractivity contribution in [2.24, 2.45) is 0 Å². The SMILES string of the molecule is CCC(C)NC(=O)c1ccc(Nc2cc(C)on2)cn1. The van der Waals surface area contributed by atoms with E-state index in [-0.39, 0.29) is 11.9 Å². The van der Waals surface area contributed by atoms with Crippen LogP contribution in [0.1, 0.15) is 36.5 Å². The monoisotopic (exact) mass is 274 g/mol. The number of aryl methyl sites for hydroxylation is 1. The van der Waals surface area contributed by atoms with Gasteiger partial charge in [-0.2, -0.15) is 0 Å². The number of nitrogens with zero attached hydrogens (tertiary/aromatic N) is 2. The highest BCUT2D eigenvalue weighted by atomic mass is 16.5. The van der Waals surface area contributed by atoms with Crippen molar-refractivity contribution in [1.82, 2.24) is 15.5 Å². The molecular formula is C14H18N4O2. The molecule has 1 amide bonds. The predicted molar refractivity (Wildman–Crippen MR) is 76.0 cm³/mol. The molecule has 1 atom stereocenters. The van der Waals surface area contributed by atoms with Crippen molar-refractivity contribution in [1.29, 1.82) is 0 Å². The van der Waals surface area contributed by atoms with Crippen LogP contribution in [0.15, 0.2) is 28.9 Å². The molecule has 0 aromatic carbocycles. The van der Waals surface area contributed by atoms with E-state index in [1.54, 1.807) is 24.4 Å². The summed E-state index contributed by atoms with van der Waals surface area (Å²) < 4.78 is 4.96. The Balaban J connectivity index is 2.00. The molecule has 6 nitrogen and oxygen atoms in total. The van der Waals surface area contributed by atoms with Crippen LogP contribution < -0.4 is 10.6 Å². The molecule has 0 aliphatic rings. The second kappa shape index (κ2) is 6.18. The molecule has 0 radical (unpaired) electrons. The summed E-state index contributed by atoms with van der Waals surface area (Å²) in [6.07, 6.45) is 2.48. The topological polar surface area (TPSA) is 80.0 Å². The zero-order valence-corrected chi connectivity index (χ0v) is 11.8. The molecule has 0 spiro atoms. The van der Waals surface area contributed by atoms with Crippen molar-refractivity contribution in [2.75, 3.05) is 5.32 Å². The van der Waals surface area contributed by atoms with Gasteiger partial charge in [-0.1, -0.05) is 12.1 Å². The molecule has 6 heteroatoms. The Morgan fingerprint density at radius 2 is 2.25 bits per heavy atom. The van der Waals surface area contributed by atoms with E-state index >= 15 is 0 Å². The minimum Gasteiger partial charge on any atom is -0.360 e. The number of hydrogen-bond acceptors (Lipinski definition) is 5. The van der Waals surface area contributed by atoms with Crippen LogP contribution >= 0.6 is 0 Å². The molecule has 0 aliphatic carbocycles. The molecule has 106 valence electrons. The summed E-state index contributed by atoms with van der Waals surface area (Å²) in [6, 6.07) is 5.37. The third-order valence-corrected chi connectivity index (χ3v) is 2.89. The maximum atomic E-state index is 11.9. The van der Waals surface area contributed by atoms with Crippen LogP contribution in [-0.2, 0) is 0 Å². The van der Waals surface area contributed by atoms with Crippen LogP contribution in [0.25, 0.3) is 0 Å². The number of rotatable bonds is 5. The lowest BCUT2D eigenvalue weighted by Gasteiger charge is -2.10. The Bertz CT molecular complexity index is 577. The molecular weight excluding hydrogens is 256 g/mol. The first-order valence-electron chi connectivity index (χ1n) is 6.55. The van der Waals surface area contributed by atoms with Crippen LogP contribution in [-0.4, -0.2) is 22.1 Å². The zero-order valence-electron chi connectivity index (χ0n) is 11.8. The number of amides is 1. The fourth-order valence-corrected chi connectivity index (χ4v) is 1.58. The highest BCUT2D eigenvalue weighted by Gasteiger charge is 2.10. The molecule has 1 unspecified atom stereocenters. The first-order valence-corrected chi connectivity index (χ1v) is 6.55. The summed E-state index contributed by atoms with van der Waals surface area (Å²) in [7, 11) is 0. The molecule has 20 heavy (non-hydrogen) atoms. The molecule has 0 saturated heterocycles. The van der Waals surface area contributed by atoms with Gasteiger partial charge in [-0.25, -0.2) is 4.98 Å². The van der Waals surface area contributed by atoms with Crippen LogP contribution in [0, 0.1) is 6.92 Å². The van der Waals surface area contributed by atoms with Crippen molar-refractivity contribution in [3.05, 3.63) is 35.9 Å². The number of aromatic nitrogens is 2. The minimum atomic E-state index is -0.164. The number of pyridine rings is 1. The van der Waals surface area contributed by atoms with Crippen LogP contribution in [0.4, 0.5) is 11.5 Å². The third-order valence-electron chi connectivity index (χ3n) is 2.89.